The summed E-state index contributed by atoms with van der Waals surface area (Å²) < 4.78 is 10.5. The Hall–Kier alpha value is -1.59. The van der Waals surface area contributed by atoms with Crippen LogP contribution in [0.25, 0.3) is 0 Å². The predicted octanol–water partition coefficient (Wildman–Crippen LogP) is 0.930. The summed E-state index contributed by atoms with van der Waals surface area (Å²) in [5.74, 6) is -0.420. The molecule has 0 heterocycles. The Bertz CT molecular complexity index is 457. The number of carbonyl (C=O) groups is 1. The normalized spacial score (nSPS) is 21.7. The molecule has 0 aliphatic heterocycles. The fraction of sp³-hybridized carbons (Fsp3) is 0.462. The van der Waals surface area contributed by atoms with E-state index in [0.29, 0.717) is 24.2 Å². The Balaban J connectivity index is 2.44. The SMILES string of the molecule is COc1ccc2c(c1)C(OCCO)(C(=O)O)CC2. The molecule has 1 atom stereocenters. The molecule has 0 saturated heterocycles. The number of carboxylic acids is 1. The Morgan fingerprint density at radius 2 is 2.28 bits per heavy atom. The van der Waals surface area contributed by atoms with E-state index in [2.05, 4.69) is 0 Å². The predicted molar refractivity (Wildman–Crippen MR) is 63.7 cm³/mol. The first-order valence-corrected chi connectivity index (χ1v) is 5.79. The number of rotatable bonds is 5. The van der Waals surface area contributed by atoms with Crippen molar-refractivity contribution in [3.05, 3.63) is 29.3 Å². The van der Waals surface area contributed by atoms with Crippen molar-refractivity contribution in [3.63, 3.8) is 0 Å². The lowest BCUT2D eigenvalue weighted by molar-refractivity contribution is -0.169. The molecule has 1 aliphatic rings. The maximum Gasteiger partial charge on any atom is 0.340 e. The van der Waals surface area contributed by atoms with E-state index in [9.17, 15) is 9.90 Å². The molecule has 98 valence electrons. The van der Waals surface area contributed by atoms with Crippen LogP contribution in [0.3, 0.4) is 0 Å². The molecule has 5 nitrogen and oxygen atoms in total. The summed E-state index contributed by atoms with van der Waals surface area (Å²) in [5.41, 5.74) is 0.228. The molecule has 0 aromatic heterocycles. The summed E-state index contributed by atoms with van der Waals surface area (Å²) in [6, 6.07) is 5.37. The molecule has 2 N–H and O–H groups in total. The Morgan fingerprint density at radius 3 is 2.89 bits per heavy atom. The lowest BCUT2D eigenvalue weighted by Gasteiger charge is -2.26. The van der Waals surface area contributed by atoms with Crippen LogP contribution in [0.15, 0.2) is 18.2 Å². The summed E-state index contributed by atoms with van der Waals surface area (Å²) >= 11 is 0. The van der Waals surface area contributed by atoms with Crippen LogP contribution in [0.1, 0.15) is 17.5 Å². The monoisotopic (exact) mass is 252 g/mol. The highest BCUT2D eigenvalue weighted by Crippen LogP contribution is 2.41. The van der Waals surface area contributed by atoms with Gasteiger partial charge in [-0.15, -0.1) is 0 Å². The molecule has 2 rings (SSSR count). The zero-order valence-electron chi connectivity index (χ0n) is 10.2. The highest BCUT2D eigenvalue weighted by atomic mass is 16.5. The Kier molecular flexibility index (Phi) is 3.54. The van der Waals surface area contributed by atoms with Crippen LogP contribution in [-0.2, 0) is 21.6 Å². The van der Waals surface area contributed by atoms with Crippen LogP contribution in [0.4, 0.5) is 0 Å². The third kappa shape index (κ3) is 1.95. The van der Waals surface area contributed by atoms with Crippen molar-refractivity contribution < 1.29 is 24.5 Å². The minimum atomic E-state index is -1.35. The van der Waals surface area contributed by atoms with Gasteiger partial charge < -0.3 is 19.7 Å². The van der Waals surface area contributed by atoms with Crippen molar-refractivity contribution in [1.29, 1.82) is 0 Å². The average Bonchev–Trinajstić information content (AvgIpc) is 2.75. The molecule has 18 heavy (non-hydrogen) atoms. The van der Waals surface area contributed by atoms with Crippen LogP contribution in [-0.4, -0.2) is 36.5 Å². The van der Waals surface area contributed by atoms with Crippen molar-refractivity contribution in [2.75, 3.05) is 20.3 Å². The highest BCUT2D eigenvalue weighted by molar-refractivity contribution is 5.81. The summed E-state index contributed by atoms with van der Waals surface area (Å²) in [7, 11) is 1.54. The number of carboxylic acid groups (broad SMARTS) is 1. The van der Waals surface area contributed by atoms with Gasteiger partial charge >= 0.3 is 5.97 Å². The number of aliphatic hydroxyl groups is 1. The van der Waals surface area contributed by atoms with E-state index in [1.54, 1.807) is 6.07 Å². The van der Waals surface area contributed by atoms with E-state index in [1.165, 1.54) is 7.11 Å². The number of ether oxygens (including phenoxy) is 2. The van der Waals surface area contributed by atoms with Gasteiger partial charge in [0.2, 0.25) is 0 Å². The number of benzene rings is 1. The number of aryl methyl sites for hydroxylation is 1. The molecular formula is C13H16O5. The first-order valence-electron chi connectivity index (χ1n) is 5.79. The van der Waals surface area contributed by atoms with Gasteiger partial charge in [-0.2, -0.15) is 0 Å². The van der Waals surface area contributed by atoms with Gasteiger partial charge in [0.25, 0.3) is 0 Å². The van der Waals surface area contributed by atoms with E-state index < -0.39 is 11.6 Å². The minimum absolute atomic E-state index is 0.00293. The zero-order chi connectivity index (χ0) is 13.2. The Labute approximate surface area is 105 Å². The maximum absolute atomic E-state index is 11.5. The van der Waals surface area contributed by atoms with E-state index in [1.807, 2.05) is 12.1 Å². The Morgan fingerprint density at radius 1 is 1.50 bits per heavy atom. The van der Waals surface area contributed by atoms with Crippen molar-refractivity contribution in [3.8, 4) is 5.75 Å². The first kappa shape index (κ1) is 12.9. The molecule has 0 amide bonds. The number of fused-ring (bicyclic) bond motifs is 1. The van der Waals surface area contributed by atoms with Crippen LogP contribution in [0.2, 0.25) is 0 Å². The fourth-order valence-corrected chi connectivity index (χ4v) is 2.38. The third-order valence-corrected chi connectivity index (χ3v) is 3.28. The number of aliphatic carboxylic acids is 1. The summed E-state index contributed by atoms with van der Waals surface area (Å²) in [4.78, 5) is 11.5. The molecule has 0 saturated carbocycles. The van der Waals surface area contributed by atoms with Gasteiger partial charge in [-0.3, -0.25) is 0 Å². The second-order valence-electron chi connectivity index (χ2n) is 4.23. The van der Waals surface area contributed by atoms with E-state index in [0.717, 1.165) is 5.56 Å². The number of methoxy groups -OCH3 is 1. The molecule has 5 heteroatoms. The highest BCUT2D eigenvalue weighted by Gasteiger charge is 2.47. The second kappa shape index (κ2) is 4.96. The second-order valence-corrected chi connectivity index (χ2v) is 4.23. The minimum Gasteiger partial charge on any atom is -0.497 e. The molecule has 1 aliphatic carbocycles. The van der Waals surface area contributed by atoms with E-state index in [-0.39, 0.29) is 13.2 Å². The molecule has 0 bridgehead atoms. The first-order chi connectivity index (χ1) is 8.64. The summed E-state index contributed by atoms with van der Waals surface area (Å²) in [6.07, 6.45) is 1.03. The van der Waals surface area contributed by atoms with Crippen molar-refractivity contribution in [1.82, 2.24) is 0 Å². The van der Waals surface area contributed by atoms with Gasteiger partial charge in [-0.1, -0.05) is 6.07 Å². The maximum atomic E-state index is 11.5. The molecule has 0 spiro atoms. The van der Waals surface area contributed by atoms with Crippen LogP contribution >= 0.6 is 0 Å². The lowest BCUT2D eigenvalue weighted by atomic mass is 9.95. The van der Waals surface area contributed by atoms with Gasteiger partial charge in [-0.25, -0.2) is 4.79 Å². The third-order valence-electron chi connectivity index (χ3n) is 3.28. The summed E-state index contributed by atoms with van der Waals surface area (Å²) in [5, 5.41) is 18.3. The fourth-order valence-electron chi connectivity index (χ4n) is 2.38. The van der Waals surface area contributed by atoms with Crippen LogP contribution in [0.5, 0.6) is 5.75 Å². The largest absolute Gasteiger partial charge is 0.497 e. The van der Waals surface area contributed by atoms with E-state index in [4.69, 9.17) is 14.6 Å². The van der Waals surface area contributed by atoms with Crippen molar-refractivity contribution in [2.24, 2.45) is 0 Å². The number of aliphatic hydroxyl groups excluding tert-OH is 1. The molecule has 1 unspecified atom stereocenters. The van der Waals surface area contributed by atoms with Gasteiger partial charge in [0.1, 0.15) is 5.75 Å². The topological polar surface area (TPSA) is 76.0 Å². The standard InChI is InChI=1S/C13H16O5/c1-17-10-3-2-9-4-5-13(12(15)16,11(9)8-10)18-7-6-14/h2-3,8,14H,4-7H2,1H3,(H,15,16). The van der Waals surface area contributed by atoms with Crippen LogP contribution < -0.4 is 4.74 Å². The molecule has 1 aromatic rings. The molecular weight excluding hydrogens is 236 g/mol. The average molecular weight is 252 g/mol. The number of hydrogen-bond donors (Lipinski definition) is 2. The molecule has 0 radical (unpaired) electrons. The zero-order valence-corrected chi connectivity index (χ0v) is 10.2. The lowest BCUT2D eigenvalue weighted by Crippen LogP contribution is -2.37. The summed E-state index contributed by atoms with van der Waals surface area (Å²) in [6.45, 7) is -0.197. The molecule has 0 fully saturated rings. The van der Waals surface area contributed by atoms with Crippen molar-refractivity contribution in [2.45, 2.75) is 18.4 Å². The van der Waals surface area contributed by atoms with Gasteiger partial charge in [0.05, 0.1) is 20.3 Å². The smallest absolute Gasteiger partial charge is 0.340 e. The number of hydrogen-bond acceptors (Lipinski definition) is 4. The van der Waals surface area contributed by atoms with Crippen molar-refractivity contribution >= 4 is 5.97 Å². The molecule has 1 aromatic carbocycles. The van der Waals surface area contributed by atoms with Gasteiger partial charge in [-0.05, 0) is 30.5 Å². The van der Waals surface area contributed by atoms with E-state index >= 15 is 0 Å². The van der Waals surface area contributed by atoms with Gasteiger partial charge in [0, 0.05) is 5.56 Å². The van der Waals surface area contributed by atoms with Gasteiger partial charge in [0.15, 0.2) is 5.60 Å². The quantitative estimate of drug-likeness (QED) is 0.815. The van der Waals surface area contributed by atoms with Crippen LogP contribution in [0, 0.1) is 0 Å².